The average Bonchev–Trinajstić information content (AvgIpc) is 3.17. The van der Waals surface area contributed by atoms with Crippen LogP contribution in [0.4, 0.5) is 4.39 Å². The van der Waals surface area contributed by atoms with Gasteiger partial charge in [0.1, 0.15) is 11.6 Å². The van der Waals surface area contributed by atoms with Crippen molar-refractivity contribution in [3.05, 3.63) is 97.6 Å². The Hall–Kier alpha value is -3.55. The Kier molecular flexibility index (Phi) is 5.44. The van der Waals surface area contributed by atoms with E-state index in [1.165, 1.54) is 16.7 Å². The lowest BCUT2D eigenvalue weighted by molar-refractivity contribution is -0.132. The van der Waals surface area contributed by atoms with E-state index in [2.05, 4.69) is 5.10 Å². The Balaban J connectivity index is 1.39. The maximum absolute atomic E-state index is 13.6. The zero-order valence-electron chi connectivity index (χ0n) is 18.4. The van der Waals surface area contributed by atoms with Crippen molar-refractivity contribution in [1.29, 1.82) is 0 Å². The highest BCUT2D eigenvalue weighted by atomic mass is 19.1. The smallest absolute Gasteiger partial charge is 0.332 e. The molecule has 7 nitrogen and oxygen atoms in total. The average molecular weight is 448 g/mol. The molecule has 2 aliphatic heterocycles. The Morgan fingerprint density at radius 3 is 2.61 bits per heavy atom. The van der Waals surface area contributed by atoms with Gasteiger partial charge in [-0.25, -0.2) is 9.07 Å². The molecule has 0 saturated carbocycles. The summed E-state index contributed by atoms with van der Waals surface area (Å²) in [6.07, 6.45) is 1.09. The second-order valence-corrected chi connectivity index (χ2v) is 9.02. The first kappa shape index (κ1) is 21.3. The van der Waals surface area contributed by atoms with Gasteiger partial charge in [0.15, 0.2) is 0 Å². The summed E-state index contributed by atoms with van der Waals surface area (Å²) in [4.78, 5) is 40.2. The summed E-state index contributed by atoms with van der Waals surface area (Å²) in [5.41, 5.74) is 1.35. The quantitative estimate of drug-likeness (QED) is 0.573. The summed E-state index contributed by atoms with van der Waals surface area (Å²) in [6.45, 7) is 3.58. The molecule has 8 heteroatoms. The fourth-order valence-corrected chi connectivity index (χ4v) is 4.88. The molecular weight excluding hydrogens is 423 g/mol. The number of benzene rings is 2. The van der Waals surface area contributed by atoms with Gasteiger partial charge in [-0.1, -0.05) is 42.0 Å². The van der Waals surface area contributed by atoms with Crippen molar-refractivity contribution in [3.8, 4) is 0 Å². The molecule has 0 aliphatic carbocycles. The van der Waals surface area contributed by atoms with Gasteiger partial charge in [0, 0.05) is 25.6 Å². The zero-order chi connectivity index (χ0) is 23.1. The summed E-state index contributed by atoms with van der Waals surface area (Å²) < 4.78 is 16.2. The number of carbonyl (C=O) groups excluding carboxylic acids is 1. The number of hydrogen-bond acceptors (Lipinski definition) is 4. The van der Waals surface area contributed by atoms with Gasteiger partial charge in [-0.05, 0) is 42.5 Å². The minimum atomic E-state index is -0.714. The third kappa shape index (κ3) is 4.13. The molecule has 0 bridgehead atoms. The number of carbonyl (C=O) groups is 1. The molecule has 2 aliphatic rings. The lowest BCUT2D eigenvalue weighted by Crippen LogP contribution is -2.44. The van der Waals surface area contributed by atoms with E-state index in [4.69, 9.17) is 0 Å². The third-order valence-corrected chi connectivity index (χ3v) is 6.72. The number of aryl methyl sites for hydroxylation is 1. The van der Waals surface area contributed by atoms with Crippen LogP contribution in [-0.4, -0.2) is 38.2 Å². The Labute approximate surface area is 190 Å². The summed E-state index contributed by atoms with van der Waals surface area (Å²) >= 11 is 0. The molecule has 0 spiro atoms. The Morgan fingerprint density at radius 2 is 1.85 bits per heavy atom. The normalized spacial score (nSPS) is 19.3. The van der Waals surface area contributed by atoms with Crippen LogP contribution in [-0.2, 0) is 24.3 Å². The van der Waals surface area contributed by atoms with Crippen LogP contribution in [0.2, 0.25) is 0 Å². The summed E-state index contributed by atoms with van der Waals surface area (Å²) in [5.74, 6) is 0.236. The second-order valence-electron chi connectivity index (χ2n) is 9.02. The van der Waals surface area contributed by atoms with Gasteiger partial charge in [0.2, 0.25) is 5.91 Å². The van der Waals surface area contributed by atoms with Crippen molar-refractivity contribution in [2.24, 2.45) is 5.92 Å². The predicted molar refractivity (Wildman–Crippen MR) is 121 cm³/mol. The van der Waals surface area contributed by atoms with Gasteiger partial charge >= 0.3 is 11.1 Å². The van der Waals surface area contributed by atoms with Gasteiger partial charge in [0.05, 0.1) is 13.0 Å². The predicted octanol–water partition coefficient (Wildman–Crippen LogP) is 2.09. The number of amides is 1. The van der Waals surface area contributed by atoms with Gasteiger partial charge in [-0.15, -0.1) is 0 Å². The fourth-order valence-electron chi connectivity index (χ4n) is 4.88. The highest BCUT2D eigenvalue weighted by Gasteiger charge is 2.41. The molecule has 1 fully saturated rings. The first-order valence-corrected chi connectivity index (χ1v) is 11.2. The second kappa shape index (κ2) is 8.42. The first-order chi connectivity index (χ1) is 15.9. The zero-order valence-corrected chi connectivity index (χ0v) is 18.4. The molecule has 2 atom stereocenters. The molecule has 1 amide bonds. The van der Waals surface area contributed by atoms with E-state index in [0.29, 0.717) is 37.4 Å². The Bertz CT molecular complexity index is 1330. The van der Waals surface area contributed by atoms with Crippen LogP contribution in [0, 0.1) is 18.7 Å². The van der Waals surface area contributed by atoms with Crippen LogP contribution in [0.3, 0.4) is 0 Å². The molecule has 33 heavy (non-hydrogen) atoms. The van der Waals surface area contributed by atoms with Crippen molar-refractivity contribution in [1.82, 2.24) is 19.2 Å². The van der Waals surface area contributed by atoms with Gasteiger partial charge in [-0.2, -0.15) is 5.10 Å². The monoisotopic (exact) mass is 448 g/mol. The standard InChI is InChI=1S/C25H25FN4O3/c1-16-5-7-17(8-6-16)12-22(31)28-10-9-19-14-29-23(21(19)15-28)27-30(25(33)24(29)32)13-18-3-2-4-20(26)11-18/h2-8,11,19,21H,9-10,12-15H2,1H3/t19-,21-/m0/s1. The molecule has 1 saturated heterocycles. The topological polar surface area (TPSA) is 77.2 Å². The number of rotatable bonds is 4. The summed E-state index contributed by atoms with van der Waals surface area (Å²) in [5, 5.41) is 4.52. The molecule has 170 valence electrons. The highest BCUT2D eigenvalue weighted by Crippen LogP contribution is 2.37. The number of fused-ring (bicyclic) bond motifs is 3. The van der Waals surface area contributed by atoms with Crippen molar-refractivity contribution in [2.45, 2.75) is 38.8 Å². The number of likely N-dealkylation sites (tertiary alicyclic amines) is 1. The molecule has 0 radical (unpaired) electrons. The fraction of sp³-hybridized carbons (Fsp3) is 0.360. The van der Waals surface area contributed by atoms with E-state index < -0.39 is 16.9 Å². The number of nitrogens with zero attached hydrogens (tertiary/aromatic N) is 4. The maximum atomic E-state index is 13.6. The highest BCUT2D eigenvalue weighted by molar-refractivity contribution is 5.79. The number of halogens is 1. The number of piperidine rings is 1. The molecule has 2 aromatic carbocycles. The van der Waals surface area contributed by atoms with Gasteiger partial charge < -0.3 is 4.90 Å². The SMILES string of the molecule is Cc1ccc(CC(=O)N2CC[C@H]3Cn4c(nn(Cc5cccc(F)c5)c(=O)c4=O)[C@H]3C2)cc1. The van der Waals surface area contributed by atoms with Gasteiger partial charge in [-0.3, -0.25) is 19.0 Å². The van der Waals surface area contributed by atoms with Crippen LogP contribution in [0.15, 0.2) is 58.1 Å². The number of hydrogen-bond donors (Lipinski definition) is 0. The lowest BCUT2D eigenvalue weighted by atomic mass is 9.87. The summed E-state index contributed by atoms with van der Waals surface area (Å²) in [6, 6.07) is 13.8. The van der Waals surface area contributed by atoms with Crippen molar-refractivity contribution in [2.75, 3.05) is 13.1 Å². The van der Waals surface area contributed by atoms with Crippen LogP contribution >= 0.6 is 0 Å². The Morgan fingerprint density at radius 1 is 1.06 bits per heavy atom. The van der Waals surface area contributed by atoms with E-state index in [0.717, 1.165) is 22.2 Å². The molecule has 3 aromatic rings. The number of aromatic nitrogens is 3. The summed E-state index contributed by atoms with van der Waals surface area (Å²) in [7, 11) is 0. The van der Waals surface area contributed by atoms with E-state index in [1.807, 2.05) is 36.1 Å². The van der Waals surface area contributed by atoms with Crippen molar-refractivity contribution >= 4 is 5.91 Å². The molecule has 1 aromatic heterocycles. The molecule has 3 heterocycles. The van der Waals surface area contributed by atoms with Crippen molar-refractivity contribution < 1.29 is 9.18 Å². The molecule has 0 N–H and O–H groups in total. The van der Waals surface area contributed by atoms with Crippen LogP contribution < -0.4 is 11.1 Å². The minimum Gasteiger partial charge on any atom is -0.342 e. The van der Waals surface area contributed by atoms with Crippen LogP contribution in [0.5, 0.6) is 0 Å². The van der Waals surface area contributed by atoms with E-state index in [1.54, 1.807) is 12.1 Å². The molecular formula is C25H25FN4O3. The molecule has 0 unspecified atom stereocenters. The lowest BCUT2D eigenvalue weighted by Gasteiger charge is -2.34. The van der Waals surface area contributed by atoms with E-state index in [9.17, 15) is 18.8 Å². The molecule has 5 rings (SSSR count). The maximum Gasteiger partial charge on any atom is 0.332 e. The van der Waals surface area contributed by atoms with Gasteiger partial charge in [0.25, 0.3) is 0 Å². The van der Waals surface area contributed by atoms with Crippen LogP contribution in [0.25, 0.3) is 0 Å². The van der Waals surface area contributed by atoms with Crippen LogP contribution in [0.1, 0.15) is 34.9 Å². The minimum absolute atomic E-state index is 0.0210. The van der Waals surface area contributed by atoms with Crippen molar-refractivity contribution in [3.63, 3.8) is 0 Å². The first-order valence-electron chi connectivity index (χ1n) is 11.2. The van der Waals surface area contributed by atoms with E-state index >= 15 is 0 Å². The van der Waals surface area contributed by atoms with E-state index in [-0.39, 0.29) is 24.3 Å². The third-order valence-electron chi connectivity index (χ3n) is 6.72. The largest absolute Gasteiger partial charge is 0.342 e.